The second kappa shape index (κ2) is 5.50. The minimum absolute atomic E-state index is 0.0373. The largest absolute Gasteiger partial charge is 0.318 e. The van der Waals surface area contributed by atoms with Gasteiger partial charge in [0.25, 0.3) is 5.91 Å². The second-order valence-electron chi connectivity index (χ2n) is 3.72. The molecular formula is C12H10ClN5O. The predicted octanol–water partition coefficient (Wildman–Crippen LogP) is 2.14. The molecule has 0 aliphatic carbocycles. The van der Waals surface area contributed by atoms with Crippen molar-refractivity contribution in [2.45, 2.75) is 13.3 Å². The van der Waals surface area contributed by atoms with Crippen molar-refractivity contribution in [2.24, 2.45) is 0 Å². The smallest absolute Gasteiger partial charge is 0.295 e. The number of nitriles is 1. The van der Waals surface area contributed by atoms with Gasteiger partial charge in [0.15, 0.2) is 0 Å². The van der Waals surface area contributed by atoms with Crippen molar-refractivity contribution in [1.29, 1.82) is 5.26 Å². The van der Waals surface area contributed by atoms with Crippen molar-refractivity contribution in [3.05, 3.63) is 40.4 Å². The summed E-state index contributed by atoms with van der Waals surface area (Å²) in [6.45, 7) is 1.90. The van der Waals surface area contributed by atoms with Gasteiger partial charge in [-0.05, 0) is 18.2 Å². The van der Waals surface area contributed by atoms with Crippen molar-refractivity contribution < 1.29 is 4.79 Å². The molecule has 2 rings (SSSR count). The molecule has 0 spiro atoms. The molecule has 0 fully saturated rings. The number of rotatable bonds is 3. The standard InChI is InChI=1S/C12H10ClN5O/c1-2-10-16-11(18-17-10)12(19)15-9-5-7(6-14)3-4-8(9)13/h3-5H,2H2,1H3,(H,15,19)(H,16,17,18). The summed E-state index contributed by atoms with van der Waals surface area (Å²) in [4.78, 5) is 15.9. The molecule has 1 aromatic heterocycles. The van der Waals surface area contributed by atoms with E-state index in [4.69, 9.17) is 16.9 Å². The Morgan fingerprint density at radius 3 is 3.00 bits per heavy atom. The average Bonchev–Trinajstić information content (AvgIpc) is 2.90. The first kappa shape index (κ1) is 13.1. The van der Waals surface area contributed by atoms with Crippen LogP contribution < -0.4 is 5.32 Å². The molecule has 0 saturated heterocycles. The van der Waals surface area contributed by atoms with Gasteiger partial charge in [-0.2, -0.15) is 5.26 Å². The van der Waals surface area contributed by atoms with Crippen LogP contribution in [0.15, 0.2) is 18.2 Å². The lowest BCUT2D eigenvalue weighted by Crippen LogP contribution is -2.14. The lowest BCUT2D eigenvalue weighted by molar-refractivity contribution is 0.101. The van der Waals surface area contributed by atoms with E-state index in [2.05, 4.69) is 20.5 Å². The molecule has 0 radical (unpaired) electrons. The number of anilines is 1. The van der Waals surface area contributed by atoms with E-state index in [0.717, 1.165) is 0 Å². The first-order valence-corrected chi connectivity index (χ1v) is 5.94. The molecule has 1 aromatic carbocycles. The van der Waals surface area contributed by atoms with Gasteiger partial charge in [0.1, 0.15) is 5.82 Å². The van der Waals surface area contributed by atoms with Crippen molar-refractivity contribution in [3.63, 3.8) is 0 Å². The van der Waals surface area contributed by atoms with Crippen LogP contribution >= 0.6 is 11.6 Å². The van der Waals surface area contributed by atoms with Crippen molar-refractivity contribution >= 4 is 23.2 Å². The third kappa shape index (κ3) is 2.89. The molecule has 0 unspecified atom stereocenters. The highest BCUT2D eigenvalue weighted by molar-refractivity contribution is 6.33. The van der Waals surface area contributed by atoms with E-state index >= 15 is 0 Å². The van der Waals surface area contributed by atoms with E-state index in [1.54, 1.807) is 12.1 Å². The number of H-pyrrole nitrogens is 1. The van der Waals surface area contributed by atoms with Gasteiger partial charge in [-0.3, -0.25) is 9.89 Å². The Hall–Kier alpha value is -2.39. The van der Waals surface area contributed by atoms with E-state index in [1.165, 1.54) is 6.07 Å². The number of hydrogen-bond acceptors (Lipinski definition) is 4. The van der Waals surface area contributed by atoms with Gasteiger partial charge >= 0.3 is 0 Å². The van der Waals surface area contributed by atoms with Crippen molar-refractivity contribution in [3.8, 4) is 6.07 Å². The summed E-state index contributed by atoms with van der Waals surface area (Å²) in [7, 11) is 0. The van der Waals surface area contributed by atoms with Gasteiger partial charge in [-0.15, -0.1) is 5.10 Å². The number of amides is 1. The van der Waals surface area contributed by atoms with Crippen molar-refractivity contribution in [1.82, 2.24) is 15.2 Å². The molecule has 0 aliphatic rings. The lowest BCUT2D eigenvalue weighted by Gasteiger charge is -2.05. The molecule has 0 bridgehead atoms. The minimum atomic E-state index is -0.479. The SMILES string of the molecule is CCc1nc(C(=O)Nc2cc(C#N)ccc2Cl)n[nH]1. The van der Waals surface area contributed by atoms with Gasteiger partial charge in [-0.1, -0.05) is 18.5 Å². The molecule has 0 saturated carbocycles. The highest BCUT2D eigenvalue weighted by atomic mass is 35.5. The van der Waals surface area contributed by atoms with E-state index in [-0.39, 0.29) is 5.82 Å². The van der Waals surface area contributed by atoms with Crippen LogP contribution in [0.5, 0.6) is 0 Å². The molecule has 96 valence electrons. The highest BCUT2D eigenvalue weighted by Gasteiger charge is 2.13. The van der Waals surface area contributed by atoms with Crippen LogP contribution in [0.25, 0.3) is 0 Å². The van der Waals surface area contributed by atoms with E-state index in [1.807, 2.05) is 13.0 Å². The number of halogens is 1. The van der Waals surface area contributed by atoms with E-state index in [9.17, 15) is 4.79 Å². The Morgan fingerprint density at radius 2 is 2.37 bits per heavy atom. The first-order valence-electron chi connectivity index (χ1n) is 5.56. The zero-order chi connectivity index (χ0) is 13.8. The topological polar surface area (TPSA) is 94.5 Å². The number of benzene rings is 1. The number of aromatic amines is 1. The molecule has 2 N–H and O–H groups in total. The van der Waals surface area contributed by atoms with Gasteiger partial charge < -0.3 is 5.32 Å². The van der Waals surface area contributed by atoms with Gasteiger partial charge in [0.2, 0.25) is 5.82 Å². The molecule has 1 amide bonds. The second-order valence-corrected chi connectivity index (χ2v) is 4.13. The maximum atomic E-state index is 11.9. The molecule has 7 heteroatoms. The summed E-state index contributed by atoms with van der Waals surface area (Å²) in [5.74, 6) is 0.185. The number of hydrogen-bond donors (Lipinski definition) is 2. The molecule has 0 aliphatic heterocycles. The summed E-state index contributed by atoms with van der Waals surface area (Å²) < 4.78 is 0. The fourth-order valence-electron chi connectivity index (χ4n) is 1.42. The van der Waals surface area contributed by atoms with Crippen LogP contribution in [-0.2, 0) is 6.42 Å². The Balaban J connectivity index is 2.21. The summed E-state index contributed by atoms with van der Waals surface area (Å²) in [5, 5.41) is 18.2. The lowest BCUT2D eigenvalue weighted by atomic mass is 10.2. The quantitative estimate of drug-likeness (QED) is 0.897. The number of nitrogens with one attached hydrogen (secondary N) is 2. The Morgan fingerprint density at radius 1 is 1.58 bits per heavy atom. The van der Waals surface area contributed by atoms with Crippen molar-refractivity contribution in [2.75, 3.05) is 5.32 Å². The maximum absolute atomic E-state index is 11.9. The Labute approximate surface area is 114 Å². The fraction of sp³-hybridized carbons (Fsp3) is 0.167. The van der Waals surface area contributed by atoms with Crippen LogP contribution in [-0.4, -0.2) is 21.1 Å². The van der Waals surface area contributed by atoms with E-state index < -0.39 is 5.91 Å². The number of aryl methyl sites for hydroxylation is 1. The predicted molar refractivity (Wildman–Crippen MR) is 69.9 cm³/mol. The number of carbonyl (C=O) groups excluding carboxylic acids is 1. The molecular weight excluding hydrogens is 266 g/mol. The maximum Gasteiger partial charge on any atom is 0.295 e. The third-order valence-electron chi connectivity index (χ3n) is 2.41. The van der Waals surface area contributed by atoms with Crippen LogP contribution in [0.3, 0.4) is 0 Å². The Kier molecular flexibility index (Phi) is 3.78. The zero-order valence-electron chi connectivity index (χ0n) is 10.1. The summed E-state index contributed by atoms with van der Waals surface area (Å²) >= 11 is 5.94. The van der Waals surface area contributed by atoms with Crippen LogP contribution in [0, 0.1) is 11.3 Å². The normalized spacial score (nSPS) is 9.95. The number of aromatic nitrogens is 3. The molecule has 0 atom stereocenters. The fourth-order valence-corrected chi connectivity index (χ4v) is 1.59. The Bertz CT molecular complexity index is 658. The van der Waals surface area contributed by atoms with Crippen LogP contribution in [0.1, 0.15) is 28.9 Å². The van der Waals surface area contributed by atoms with Crippen LogP contribution in [0.2, 0.25) is 5.02 Å². The summed E-state index contributed by atoms with van der Waals surface area (Å²) in [6, 6.07) is 6.58. The van der Waals surface area contributed by atoms with Gasteiger partial charge in [0.05, 0.1) is 22.3 Å². The number of nitrogens with zero attached hydrogens (tertiary/aromatic N) is 3. The minimum Gasteiger partial charge on any atom is -0.318 e. The molecule has 19 heavy (non-hydrogen) atoms. The van der Waals surface area contributed by atoms with Crippen LogP contribution in [0.4, 0.5) is 5.69 Å². The van der Waals surface area contributed by atoms with Gasteiger partial charge in [-0.25, -0.2) is 4.98 Å². The summed E-state index contributed by atoms with van der Waals surface area (Å²) in [5.41, 5.74) is 0.762. The molecule has 1 heterocycles. The molecule has 6 nitrogen and oxygen atoms in total. The monoisotopic (exact) mass is 275 g/mol. The third-order valence-corrected chi connectivity index (χ3v) is 2.74. The number of carbonyl (C=O) groups is 1. The highest BCUT2D eigenvalue weighted by Crippen LogP contribution is 2.23. The van der Waals surface area contributed by atoms with E-state index in [0.29, 0.717) is 28.5 Å². The van der Waals surface area contributed by atoms with Gasteiger partial charge in [0, 0.05) is 6.42 Å². The molecule has 2 aromatic rings. The first-order chi connectivity index (χ1) is 9.13. The zero-order valence-corrected chi connectivity index (χ0v) is 10.8. The summed E-state index contributed by atoms with van der Waals surface area (Å²) in [6.07, 6.45) is 0.658. The average molecular weight is 276 g/mol.